The molecule has 0 amide bonds. The fourth-order valence-electron chi connectivity index (χ4n) is 3.67. The predicted molar refractivity (Wildman–Crippen MR) is 118 cm³/mol. The second-order valence-corrected chi connectivity index (χ2v) is 8.14. The quantitative estimate of drug-likeness (QED) is 0.514. The maximum Gasteiger partial charge on any atom is 0.364 e. The largest absolute Gasteiger partial charge is 0.464 e. The molecule has 1 fully saturated rings. The van der Waals surface area contributed by atoms with Gasteiger partial charge in [0.15, 0.2) is 5.75 Å². The number of rotatable bonds is 5. The average Bonchev–Trinajstić information content (AvgIpc) is 3.31. The molecule has 4 rings (SSSR count). The zero-order valence-electron chi connectivity index (χ0n) is 17.2. The molecule has 33 heavy (non-hydrogen) atoms. The number of carbonyl (C=O) groups excluding carboxylic acids is 1. The second kappa shape index (κ2) is 9.20. The standard InChI is InChI=1S/C20H17Cl2N5O6/c1-32-19(30)15-18(29)23-20(31)27(26-15)10-6-12(21)16(13(22)7-10)33-14-8-11(17(28)25-24-14)9-4-2-3-5-9/h6-9H,2-5H2,1H3,(H,25,28)(H,23,29,31). The van der Waals surface area contributed by atoms with Gasteiger partial charge in [0.05, 0.1) is 22.8 Å². The topological polar surface area (TPSA) is 149 Å². The van der Waals surface area contributed by atoms with Gasteiger partial charge in [-0.15, -0.1) is 5.10 Å². The number of nitrogens with zero attached hydrogens (tertiary/aromatic N) is 3. The molecule has 2 aromatic heterocycles. The number of aromatic nitrogens is 5. The van der Waals surface area contributed by atoms with Crippen molar-refractivity contribution in [3.63, 3.8) is 0 Å². The highest BCUT2D eigenvalue weighted by molar-refractivity contribution is 6.37. The normalized spacial score (nSPS) is 13.8. The van der Waals surface area contributed by atoms with Crippen LogP contribution in [0.3, 0.4) is 0 Å². The van der Waals surface area contributed by atoms with Crippen LogP contribution in [0.5, 0.6) is 11.6 Å². The van der Waals surface area contributed by atoms with Crippen molar-refractivity contribution in [1.29, 1.82) is 0 Å². The van der Waals surface area contributed by atoms with Crippen LogP contribution >= 0.6 is 23.2 Å². The number of benzene rings is 1. The van der Waals surface area contributed by atoms with Gasteiger partial charge in [0.1, 0.15) is 0 Å². The van der Waals surface area contributed by atoms with E-state index in [4.69, 9.17) is 27.9 Å². The Kier molecular flexibility index (Phi) is 6.34. The molecule has 1 aliphatic rings. The predicted octanol–water partition coefficient (Wildman–Crippen LogP) is 2.55. The minimum absolute atomic E-state index is 0.00701. The van der Waals surface area contributed by atoms with Crippen LogP contribution in [-0.4, -0.2) is 38.0 Å². The molecule has 172 valence electrons. The first-order chi connectivity index (χ1) is 15.8. The Balaban J connectivity index is 1.70. The maximum absolute atomic E-state index is 12.2. The van der Waals surface area contributed by atoms with E-state index < -0.39 is 22.9 Å². The minimum atomic E-state index is -1.02. The van der Waals surface area contributed by atoms with Crippen molar-refractivity contribution < 1.29 is 14.3 Å². The van der Waals surface area contributed by atoms with E-state index in [-0.39, 0.29) is 38.8 Å². The van der Waals surface area contributed by atoms with Crippen molar-refractivity contribution in [2.45, 2.75) is 31.6 Å². The van der Waals surface area contributed by atoms with Crippen LogP contribution in [0.2, 0.25) is 10.0 Å². The lowest BCUT2D eigenvalue weighted by molar-refractivity contribution is 0.0589. The minimum Gasteiger partial charge on any atom is -0.464 e. The van der Waals surface area contributed by atoms with Gasteiger partial charge in [-0.05, 0) is 30.9 Å². The summed E-state index contributed by atoms with van der Waals surface area (Å²) >= 11 is 12.7. The zero-order valence-corrected chi connectivity index (χ0v) is 18.7. The lowest BCUT2D eigenvalue weighted by Crippen LogP contribution is -2.36. The summed E-state index contributed by atoms with van der Waals surface area (Å²) in [6, 6.07) is 4.17. The Morgan fingerprint density at radius 2 is 1.76 bits per heavy atom. The van der Waals surface area contributed by atoms with Crippen molar-refractivity contribution in [3.05, 3.63) is 70.7 Å². The molecular formula is C20H17Cl2N5O6. The SMILES string of the molecule is COC(=O)c1nn(-c2cc(Cl)c(Oc3cc(C4CCCC4)c(=O)[nH]n3)c(Cl)c2)c(=O)[nH]c1=O. The van der Waals surface area contributed by atoms with Gasteiger partial charge < -0.3 is 9.47 Å². The van der Waals surface area contributed by atoms with Crippen LogP contribution in [-0.2, 0) is 4.74 Å². The third-order valence-electron chi connectivity index (χ3n) is 5.24. The molecule has 0 aliphatic heterocycles. The van der Waals surface area contributed by atoms with E-state index >= 15 is 0 Å². The van der Waals surface area contributed by atoms with Gasteiger partial charge in [-0.2, -0.15) is 9.78 Å². The number of methoxy groups -OCH3 is 1. The van der Waals surface area contributed by atoms with E-state index in [9.17, 15) is 19.2 Å². The molecule has 0 unspecified atom stereocenters. The number of halogens is 2. The summed E-state index contributed by atoms with van der Waals surface area (Å²) in [6.45, 7) is 0. The molecule has 0 bridgehead atoms. The Morgan fingerprint density at radius 1 is 1.09 bits per heavy atom. The highest BCUT2D eigenvalue weighted by Crippen LogP contribution is 2.38. The first-order valence-electron chi connectivity index (χ1n) is 9.87. The molecular weight excluding hydrogens is 477 g/mol. The summed E-state index contributed by atoms with van der Waals surface area (Å²) in [7, 11) is 1.07. The first kappa shape index (κ1) is 22.7. The number of aromatic amines is 2. The van der Waals surface area contributed by atoms with Crippen LogP contribution in [0.1, 0.15) is 47.7 Å². The maximum atomic E-state index is 12.2. The van der Waals surface area contributed by atoms with Gasteiger partial charge in [-0.3, -0.25) is 14.6 Å². The number of H-pyrrole nitrogens is 2. The van der Waals surface area contributed by atoms with E-state index in [1.54, 1.807) is 6.07 Å². The highest BCUT2D eigenvalue weighted by Gasteiger charge is 2.22. The highest BCUT2D eigenvalue weighted by atomic mass is 35.5. The van der Waals surface area contributed by atoms with Gasteiger partial charge >= 0.3 is 11.7 Å². The number of hydrogen-bond acceptors (Lipinski definition) is 8. The van der Waals surface area contributed by atoms with Gasteiger partial charge in [-0.1, -0.05) is 36.0 Å². The van der Waals surface area contributed by atoms with Crippen molar-refractivity contribution in [3.8, 4) is 17.3 Å². The number of hydrogen-bond donors (Lipinski definition) is 2. The molecule has 2 N–H and O–H groups in total. The molecule has 3 aromatic rings. The van der Waals surface area contributed by atoms with Crippen molar-refractivity contribution in [1.82, 2.24) is 25.0 Å². The van der Waals surface area contributed by atoms with Crippen LogP contribution in [0.25, 0.3) is 5.69 Å². The molecule has 0 atom stereocenters. The van der Waals surface area contributed by atoms with E-state index in [0.717, 1.165) is 37.5 Å². The first-order valence-corrected chi connectivity index (χ1v) is 10.6. The molecule has 0 spiro atoms. The molecule has 1 aliphatic carbocycles. The average molecular weight is 494 g/mol. The lowest BCUT2D eigenvalue weighted by Gasteiger charge is -2.13. The van der Waals surface area contributed by atoms with Crippen LogP contribution in [0.15, 0.2) is 32.6 Å². The molecule has 0 saturated heterocycles. The van der Waals surface area contributed by atoms with Gasteiger partial charge in [0, 0.05) is 11.6 Å². The summed E-state index contributed by atoms with van der Waals surface area (Å²) in [5.41, 5.74) is -2.17. The molecule has 2 heterocycles. The van der Waals surface area contributed by atoms with Crippen LogP contribution in [0, 0.1) is 0 Å². The Morgan fingerprint density at radius 3 is 2.39 bits per heavy atom. The van der Waals surface area contributed by atoms with Crippen molar-refractivity contribution in [2.75, 3.05) is 7.11 Å². The summed E-state index contributed by atoms with van der Waals surface area (Å²) in [5, 5.41) is 10.1. The second-order valence-electron chi connectivity index (χ2n) is 7.32. The van der Waals surface area contributed by atoms with E-state index in [1.165, 1.54) is 12.1 Å². The Bertz CT molecular complexity index is 1380. The van der Waals surface area contributed by atoms with E-state index in [2.05, 4.69) is 20.0 Å². The smallest absolute Gasteiger partial charge is 0.364 e. The number of nitrogens with one attached hydrogen (secondary N) is 2. The summed E-state index contributed by atoms with van der Waals surface area (Å²) in [4.78, 5) is 50.0. The third-order valence-corrected chi connectivity index (χ3v) is 5.81. The number of esters is 1. The van der Waals surface area contributed by atoms with E-state index in [0.29, 0.717) is 5.56 Å². The number of carbonyl (C=O) groups is 1. The molecule has 11 nitrogen and oxygen atoms in total. The van der Waals surface area contributed by atoms with E-state index in [1.807, 2.05) is 4.98 Å². The monoisotopic (exact) mass is 493 g/mol. The molecule has 0 radical (unpaired) electrons. The Labute approximate surface area is 195 Å². The molecule has 1 saturated carbocycles. The van der Waals surface area contributed by atoms with Crippen LogP contribution in [0.4, 0.5) is 0 Å². The third kappa shape index (κ3) is 4.55. The summed E-state index contributed by atoms with van der Waals surface area (Å²) in [6.07, 6.45) is 3.93. The van der Waals surface area contributed by atoms with Crippen LogP contribution < -0.4 is 21.5 Å². The van der Waals surface area contributed by atoms with Gasteiger partial charge in [0.25, 0.3) is 11.1 Å². The summed E-state index contributed by atoms with van der Waals surface area (Å²) < 4.78 is 11.0. The Hall–Kier alpha value is -3.44. The fraction of sp³-hybridized carbons (Fsp3) is 0.300. The van der Waals surface area contributed by atoms with Gasteiger partial charge in [-0.25, -0.2) is 14.7 Å². The van der Waals surface area contributed by atoms with Crippen molar-refractivity contribution in [2.24, 2.45) is 0 Å². The fourth-order valence-corrected chi connectivity index (χ4v) is 4.22. The lowest BCUT2D eigenvalue weighted by atomic mass is 10.00. The molecule has 13 heteroatoms. The number of ether oxygens (including phenoxy) is 2. The summed E-state index contributed by atoms with van der Waals surface area (Å²) in [5.74, 6) is -0.760. The molecule has 1 aromatic carbocycles. The zero-order chi connectivity index (χ0) is 23.7. The van der Waals surface area contributed by atoms with Gasteiger partial charge in [0.2, 0.25) is 11.6 Å². The van der Waals surface area contributed by atoms with Crippen molar-refractivity contribution >= 4 is 29.2 Å².